The van der Waals surface area contributed by atoms with Crippen LogP contribution in [0, 0.1) is 0 Å². The number of rotatable bonds is 21. The van der Waals surface area contributed by atoms with Crippen molar-refractivity contribution in [2.75, 3.05) is 6.61 Å². The summed E-state index contributed by atoms with van der Waals surface area (Å²) in [5, 5.41) is 0. The molecule has 0 heterocycles. The zero-order valence-electron chi connectivity index (χ0n) is 32.0. The molecular weight excluding hydrogens is 718 g/mol. The molecule has 4 nitrogen and oxygen atoms in total. The molecule has 298 valence electrons. The molecule has 0 amide bonds. The van der Waals surface area contributed by atoms with Crippen LogP contribution in [0.4, 0.5) is 26.3 Å². The van der Waals surface area contributed by atoms with E-state index in [4.69, 9.17) is 14.2 Å². The molecule has 10 heteroatoms. The molecule has 4 rings (SSSR count). The van der Waals surface area contributed by atoms with E-state index in [0.29, 0.717) is 19.4 Å². The van der Waals surface area contributed by atoms with Crippen molar-refractivity contribution in [3.63, 3.8) is 0 Å². The molecule has 0 saturated carbocycles. The SMILES string of the molecule is CCCCCCCCCCOc1ccc(-c2ccc(C(=O)Oc3ccc(-c4ccc(O[C@@H](C)CCCCCC)c(C(F)(F)F)c4C(F)(F)F)cc3)cc2)cc1. The lowest BCUT2D eigenvalue weighted by molar-refractivity contribution is -0.162. The lowest BCUT2D eigenvalue weighted by Gasteiger charge is -2.24. The van der Waals surface area contributed by atoms with Crippen molar-refractivity contribution in [1.82, 2.24) is 0 Å². The number of hydrogen-bond acceptors (Lipinski definition) is 4. The fourth-order valence-corrected chi connectivity index (χ4v) is 6.47. The third kappa shape index (κ3) is 13.4. The topological polar surface area (TPSA) is 44.8 Å². The van der Waals surface area contributed by atoms with Gasteiger partial charge in [0.15, 0.2) is 0 Å². The fourth-order valence-electron chi connectivity index (χ4n) is 6.47. The predicted molar refractivity (Wildman–Crippen MR) is 206 cm³/mol. The minimum absolute atomic E-state index is 0.0156. The highest BCUT2D eigenvalue weighted by molar-refractivity contribution is 5.91. The standard InChI is InChI=1S/C45H52F6O4/c1-4-6-8-10-11-12-13-15-31-53-37-25-21-34(22-26-37)33-17-19-36(20-18-33)43(52)55-38-27-23-35(24-28-38)39-29-30-40(54-32(3)16-14-9-7-5-2)42(45(49,50)51)41(39)44(46,47)48/h17-30,32H,4-16,31H2,1-3H3/t32-/m0/s1. The second-order valence-corrected chi connectivity index (χ2v) is 14.0. The average molecular weight is 771 g/mol. The first-order chi connectivity index (χ1) is 26.3. The molecule has 0 unspecified atom stereocenters. The van der Waals surface area contributed by atoms with Crippen molar-refractivity contribution < 1.29 is 45.3 Å². The van der Waals surface area contributed by atoms with Gasteiger partial charge in [0.2, 0.25) is 0 Å². The lowest BCUT2D eigenvalue weighted by Crippen LogP contribution is -2.22. The zero-order valence-corrected chi connectivity index (χ0v) is 32.0. The van der Waals surface area contributed by atoms with Gasteiger partial charge >= 0.3 is 18.3 Å². The fraction of sp³-hybridized carbons (Fsp3) is 0.444. The largest absolute Gasteiger partial charge is 0.494 e. The summed E-state index contributed by atoms with van der Waals surface area (Å²) in [6.07, 6.45) is 2.32. The number of hydrogen-bond donors (Lipinski definition) is 0. The van der Waals surface area contributed by atoms with E-state index < -0.39 is 46.9 Å². The van der Waals surface area contributed by atoms with Crippen LogP contribution in [-0.4, -0.2) is 18.7 Å². The molecule has 0 saturated heterocycles. The monoisotopic (exact) mass is 770 g/mol. The Balaban J connectivity index is 1.38. The minimum atomic E-state index is -5.34. The molecule has 4 aromatic rings. The summed E-state index contributed by atoms with van der Waals surface area (Å²) < 4.78 is 103. The van der Waals surface area contributed by atoms with Crippen molar-refractivity contribution in [3.05, 3.63) is 102 Å². The quantitative estimate of drug-likeness (QED) is 0.0366. The van der Waals surface area contributed by atoms with Crippen molar-refractivity contribution >= 4 is 5.97 Å². The van der Waals surface area contributed by atoms with E-state index in [0.717, 1.165) is 61.1 Å². The smallest absolute Gasteiger partial charge is 0.420 e. The Morgan fingerprint density at radius 3 is 1.62 bits per heavy atom. The number of halogens is 6. The summed E-state index contributed by atoms with van der Waals surface area (Å²) in [4.78, 5) is 12.9. The van der Waals surface area contributed by atoms with Crippen LogP contribution in [0.25, 0.3) is 22.3 Å². The Morgan fingerprint density at radius 2 is 1.05 bits per heavy atom. The van der Waals surface area contributed by atoms with Gasteiger partial charge in [-0.3, -0.25) is 0 Å². The second kappa shape index (κ2) is 21.0. The van der Waals surface area contributed by atoms with Crippen LogP contribution in [0.3, 0.4) is 0 Å². The molecule has 1 atom stereocenters. The third-order valence-electron chi connectivity index (χ3n) is 9.48. The van der Waals surface area contributed by atoms with Gasteiger partial charge in [0, 0.05) is 0 Å². The van der Waals surface area contributed by atoms with Gasteiger partial charge in [0.05, 0.1) is 23.8 Å². The molecule has 0 bridgehead atoms. The Labute approximate surface area is 321 Å². The van der Waals surface area contributed by atoms with Gasteiger partial charge in [-0.05, 0) is 90.9 Å². The van der Waals surface area contributed by atoms with E-state index in [1.54, 1.807) is 31.2 Å². The lowest BCUT2D eigenvalue weighted by atomic mass is 9.93. The zero-order chi connectivity index (χ0) is 39.8. The third-order valence-corrected chi connectivity index (χ3v) is 9.48. The number of carbonyl (C=O) groups is 1. The summed E-state index contributed by atoms with van der Waals surface area (Å²) in [6.45, 7) is 6.46. The Bertz CT molecular complexity index is 1750. The van der Waals surface area contributed by atoms with Crippen LogP contribution in [0.15, 0.2) is 84.9 Å². The second-order valence-electron chi connectivity index (χ2n) is 14.0. The Hall–Kier alpha value is -4.47. The van der Waals surface area contributed by atoms with Crippen LogP contribution in [-0.2, 0) is 12.4 Å². The van der Waals surface area contributed by atoms with Gasteiger partial charge in [0.25, 0.3) is 0 Å². The van der Waals surface area contributed by atoms with Crippen LogP contribution < -0.4 is 14.2 Å². The Morgan fingerprint density at radius 1 is 0.564 bits per heavy atom. The minimum Gasteiger partial charge on any atom is -0.494 e. The number of alkyl halides is 6. The number of esters is 1. The molecule has 55 heavy (non-hydrogen) atoms. The van der Waals surface area contributed by atoms with Crippen LogP contribution in [0.5, 0.6) is 17.2 Å². The first-order valence-corrected chi connectivity index (χ1v) is 19.5. The summed E-state index contributed by atoms with van der Waals surface area (Å²) >= 11 is 0. The van der Waals surface area contributed by atoms with E-state index in [1.807, 2.05) is 31.2 Å². The normalized spacial score (nSPS) is 12.4. The number of carbonyl (C=O) groups excluding carboxylic acids is 1. The highest BCUT2D eigenvalue weighted by atomic mass is 19.4. The van der Waals surface area contributed by atoms with E-state index in [-0.39, 0.29) is 16.9 Å². The van der Waals surface area contributed by atoms with E-state index in [2.05, 4.69) is 6.92 Å². The number of ether oxygens (including phenoxy) is 3. The summed E-state index contributed by atoms with van der Waals surface area (Å²) in [6, 6.07) is 21.2. The molecule has 0 N–H and O–H groups in total. The molecule has 4 aromatic carbocycles. The maximum Gasteiger partial charge on any atom is 0.420 e. The number of benzene rings is 4. The highest BCUT2D eigenvalue weighted by Gasteiger charge is 2.47. The molecule has 0 radical (unpaired) electrons. The van der Waals surface area contributed by atoms with Crippen molar-refractivity contribution in [2.45, 2.75) is 123 Å². The van der Waals surface area contributed by atoms with Gasteiger partial charge in [0.1, 0.15) is 22.8 Å². The van der Waals surface area contributed by atoms with Gasteiger partial charge in [-0.25, -0.2) is 4.79 Å². The number of unbranched alkanes of at least 4 members (excludes halogenated alkanes) is 10. The average Bonchev–Trinajstić information content (AvgIpc) is 3.15. The Kier molecular flexibility index (Phi) is 16.5. The van der Waals surface area contributed by atoms with Crippen molar-refractivity contribution in [2.24, 2.45) is 0 Å². The van der Waals surface area contributed by atoms with E-state index in [1.165, 1.54) is 62.8 Å². The van der Waals surface area contributed by atoms with Gasteiger partial charge < -0.3 is 14.2 Å². The molecule has 0 aliphatic carbocycles. The van der Waals surface area contributed by atoms with Crippen molar-refractivity contribution in [1.29, 1.82) is 0 Å². The van der Waals surface area contributed by atoms with E-state index >= 15 is 0 Å². The van der Waals surface area contributed by atoms with Gasteiger partial charge in [-0.2, -0.15) is 26.3 Å². The first-order valence-electron chi connectivity index (χ1n) is 19.5. The molecular formula is C45H52F6O4. The van der Waals surface area contributed by atoms with Crippen LogP contribution >= 0.6 is 0 Å². The maximum atomic E-state index is 14.4. The maximum absolute atomic E-state index is 14.4. The summed E-state index contributed by atoms with van der Waals surface area (Å²) in [5.41, 5.74) is -2.46. The van der Waals surface area contributed by atoms with Crippen molar-refractivity contribution in [3.8, 4) is 39.5 Å². The first kappa shape index (κ1) is 43.3. The van der Waals surface area contributed by atoms with Gasteiger partial charge in [-0.1, -0.05) is 121 Å². The molecule has 0 aliphatic heterocycles. The van der Waals surface area contributed by atoms with Crippen LogP contribution in [0.1, 0.15) is 126 Å². The summed E-state index contributed by atoms with van der Waals surface area (Å²) in [5.74, 6) is -0.762. The predicted octanol–water partition coefficient (Wildman–Crippen LogP) is 14.5. The molecule has 0 fully saturated rings. The molecule has 0 aliphatic rings. The van der Waals surface area contributed by atoms with Crippen LogP contribution in [0.2, 0.25) is 0 Å². The highest BCUT2D eigenvalue weighted by Crippen LogP contribution is 2.49. The van der Waals surface area contributed by atoms with Gasteiger partial charge in [-0.15, -0.1) is 0 Å². The molecule has 0 spiro atoms. The summed E-state index contributed by atoms with van der Waals surface area (Å²) in [7, 11) is 0. The molecule has 0 aromatic heterocycles. The van der Waals surface area contributed by atoms with E-state index in [9.17, 15) is 31.1 Å².